The predicted octanol–water partition coefficient (Wildman–Crippen LogP) is 2.90. The number of H-pyrrole nitrogens is 2. The highest BCUT2D eigenvalue weighted by molar-refractivity contribution is 7.97. The Bertz CT molecular complexity index is 461. The maximum Gasteiger partial charge on any atom is 0.213 e. The smallest absolute Gasteiger partial charge is 0.213 e. The fourth-order valence-corrected chi connectivity index (χ4v) is 2.23. The molecular weight excluding hydrogens is 226 g/mol. The highest BCUT2D eigenvalue weighted by Gasteiger charge is 1.97. The van der Waals surface area contributed by atoms with Crippen LogP contribution in [0.2, 0.25) is 0 Å². The Morgan fingerprint density at radius 3 is 2.60 bits per heavy atom. The minimum atomic E-state index is 0.519. The second kappa shape index (κ2) is 5.14. The third kappa shape index (κ3) is 3.21. The van der Waals surface area contributed by atoms with Gasteiger partial charge in [0.25, 0.3) is 0 Å². The maximum absolute atomic E-state index is 4.87. The zero-order valence-corrected chi connectivity index (χ0v) is 9.70. The Morgan fingerprint density at radius 1 is 1.13 bits per heavy atom. The predicted molar refractivity (Wildman–Crippen MR) is 65.2 cm³/mol. The van der Waals surface area contributed by atoms with Gasteiger partial charge < -0.3 is 0 Å². The summed E-state index contributed by atoms with van der Waals surface area (Å²) in [6, 6.07) is 10.4. The summed E-state index contributed by atoms with van der Waals surface area (Å²) in [5.74, 6) is 2.75. The molecule has 0 aliphatic rings. The molecule has 2 N–H and O–H groups in total. The van der Waals surface area contributed by atoms with E-state index in [4.69, 9.17) is 12.2 Å². The Balaban J connectivity index is 1.83. The Morgan fingerprint density at radius 2 is 1.93 bits per heavy atom. The van der Waals surface area contributed by atoms with Gasteiger partial charge in [-0.25, -0.2) is 4.98 Å². The van der Waals surface area contributed by atoms with Gasteiger partial charge in [-0.1, -0.05) is 30.3 Å². The van der Waals surface area contributed by atoms with Crippen molar-refractivity contribution in [1.82, 2.24) is 15.2 Å². The van der Waals surface area contributed by atoms with Crippen molar-refractivity contribution in [2.45, 2.75) is 11.5 Å². The Hall–Kier alpha value is -1.07. The average molecular weight is 237 g/mol. The minimum Gasteiger partial charge on any atom is -0.285 e. The molecule has 0 fully saturated rings. The number of nitrogens with zero attached hydrogens (tertiary/aromatic N) is 1. The van der Waals surface area contributed by atoms with Crippen LogP contribution in [0.5, 0.6) is 0 Å². The molecule has 1 heterocycles. The summed E-state index contributed by atoms with van der Waals surface area (Å²) < 4.78 is 0.519. The lowest BCUT2D eigenvalue weighted by Gasteiger charge is -1.98. The molecule has 1 aromatic carbocycles. The summed E-state index contributed by atoms with van der Waals surface area (Å²) in [6.45, 7) is 0. The topological polar surface area (TPSA) is 44.5 Å². The average Bonchev–Trinajstić information content (AvgIpc) is 2.66. The van der Waals surface area contributed by atoms with Crippen LogP contribution in [0.3, 0.4) is 0 Å². The summed E-state index contributed by atoms with van der Waals surface area (Å²) >= 11 is 6.68. The van der Waals surface area contributed by atoms with E-state index in [-0.39, 0.29) is 0 Å². The molecule has 0 atom stereocenters. The highest BCUT2D eigenvalue weighted by Crippen LogP contribution is 2.14. The number of hydrogen-bond donors (Lipinski definition) is 2. The lowest BCUT2D eigenvalue weighted by molar-refractivity contribution is 1.02. The summed E-state index contributed by atoms with van der Waals surface area (Å²) in [7, 11) is 0. The van der Waals surface area contributed by atoms with E-state index in [0.717, 1.165) is 17.3 Å². The van der Waals surface area contributed by atoms with Gasteiger partial charge in [-0.15, -0.1) is 11.8 Å². The molecule has 0 radical (unpaired) electrons. The fourth-order valence-electron chi connectivity index (χ4n) is 1.21. The second-order valence-electron chi connectivity index (χ2n) is 3.09. The molecule has 0 saturated carbocycles. The van der Waals surface area contributed by atoms with E-state index in [0.29, 0.717) is 4.77 Å². The molecule has 3 nitrogen and oxygen atoms in total. The van der Waals surface area contributed by atoms with Crippen LogP contribution >= 0.6 is 24.0 Å². The zero-order valence-electron chi connectivity index (χ0n) is 8.06. The van der Waals surface area contributed by atoms with Crippen LogP contribution in [0, 0.1) is 4.77 Å². The summed E-state index contributed by atoms with van der Waals surface area (Å²) in [5.41, 5.74) is 1.33. The summed E-state index contributed by atoms with van der Waals surface area (Å²) in [4.78, 5) is 4.12. The third-order valence-corrected chi connectivity index (χ3v) is 3.11. The van der Waals surface area contributed by atoms with Gasteiger partial charge in [0.15, 0.2) is 0 Å². The number of benzene rings is 1. The monoisotopic (exact) mass is 237 g/mol. The molecule has 0 unspecified atom stereocenters. The number of nitrogens with one attached hydrogen (secondary N) is 2. The molecular formula is C10H11N3S2. The highest BCUT2D eigenvalue weighted by atomic mass is 32.2. The molecule has 2 aromatic rings. The minimum absolute atomic E-state index is 0.519. The van der Waals surface area contributed by atoms with Crippen molar-refractivity contribution < 1.29 is 0 Å². The van der Waals surface area contributed by atoms with E-state index in [1.165, 1.54) is 5.56 Å². The van der Waals surface area contributed by atoms with Crippen molar-refractivity contribution in [2.75, 3.05) is 0 Å². The first-order valence-corrected chi connectivity index (χ1v) is 6.16. The van der Waals surface area contributed by atoms with Crippen molar-refractivity contribution in [3.8, 4) is 0 Å². The van der Waals surface area contributed by atoms with Crippen molar-refractivity contribution in [3.05, 3.63) is 46.5 Å². The molecule has 0 bridgehead atoms. The third-order valence-electron chi connectivity index (χ3n) is 1.90. The molecule has 2 rings (SSSR count). The molecule has 78 valence electrons. The van der Waals surface area contributed by atoms with E-state index in [2.05, 4.69) is 39.4 Å². The van der Waals surface area contributed by atoms with E-state index in [1.54, 1.807) is 0 Å². The number of rotatable bonds is 4. The van der Waals surface area contributed by atoms with Crippen LogP contribution in [0.25, 0.3) is 0 Å². The SMILES string of the molecule is S=c1nc(CSCc2ccccc2)[nH][nH]1. The Kier molecular flexibility index (Phi) is 3.58. The number of hydrogen-bond acceptors (Lipinski definition) is 3. The van der Waals surface area contributed by atoms with E-state index in [1.807, 2.05) is 17.8 Å². The standard InChI is InChI=1S/C10H11N3S2/c14-10-11-9(12-13-10)7-15-6-8-4-2-1-3-5-8/h1-5H,6-7H2,(H2,11,12,13,14). The van der Waals surface area contributed by atoms with Gasteiger partial charge in [-0.3, -0.25) is 10.2 Å². The van der Waals surface area contributed by atoms with Crippen molar-refractivity contribution in [1.29, 1.82) is 0 Å². The van der Waals surface area contributed by atoms with Crippen LogP contribution < -0.4 is 0 Å². The van der Waals surface area contributed by atoms with E-state index >= 15 is 0 Å². The molecule has 5 heteroatoms. The van der Waals surface area contributed by atoms with Crippen LogP contribution in [0.1, 0.15) is 11.4 Å². The van der Waals surface area contributed by atoms with Gasteiger partial charge in [0, 0.05) is 5.75 Å². The van der Waals surface area contributed by atoms with Crippen LogP contribution in [-0.2, 0) is 11.5 Å². The normalized spacial score (nSPS) is 10.4. The first-order valence-electron chi connectivity index (χ1n) is 4.60. The van der Waals surface area contributed by atoms with Crippen LogP contribution in [0.15, 0.2) is 30.3 Å². The molecule has 0 spiro atoms. The van der Waals surface area contributed by atoms with Gasteiger partial charge >= 0.3 is 0 Å². The maximum atomic E-state index is 4.87. The number of aromatic nitrogens is 3. The van der Waals surface area contributed by atoms with Crippen molar-refractivity contribution in [2.24, 2.45) is 0 Å². The lowest BCUT2D eigenvalue weighted by atomic mass is 10.2. The first kappa shape index (κ1) is 10.4. The molecule has 0 amide bonds. The summed E-state index contributed by atoms with van der Waals surface area (Å²) in [5, 5.41) is 5.71. The molecule has 0 aliphatic carbocycles. The van der Waals surface area contributed by atoms with Gasteiger partial charge in [-0.05, 0) is 17.8 Å². The number of aromatic amines is 2. The first-order chi connectivity index (χ1) is 7.34. The van der Waals surface area contributed by atoms with Crippen LogP contribution in [-0.4, -0.2) is 15.2 Å². The Labute approximate surface area is 97.3 Å². The molecule has 15 heavy (non-hydrogen) atoms. The van der Waals surface area contributed by atoms with Crippen molar-refractivity contribution in [3.63, 3.8) is 0 Å². The van der Waals surface area contributed by atoms with Gasteiger partial charge in [0.1, 0.15) is 5.82 Å². The summed E-state index contributed by atoms with van der Waals surface area (Å²) in [6.07, 6.45) is 0. The lowest BCUT2D eigenvalue weighted by Crippen LogP contribution is -1.85. The van der Waals surface area contributed by atoms with Gasteiger partial charge in [0.05, 0.1) is 5.75 Å². The zero-order chi connectivity index (χ0) is 10.5. The second-order valence-corrected chi connectivity index (χ2v) is 4.46. The van der Waals surface area contributed by atoms with Gasteiger partial charge in [-0.2, -0.15) is 0 Å². The largest absolute Gasteiger partial charge is 0.285 e. The fraction of sp³-hybridized carbons (Fsp3) is 0.200. The quantitative estimate of drug-likeness (QED) is 0.804. The number of thioether (sulfide) groups is 1. The van der Waals surface area contributed by atoms with Crippen molar-refractivity contribution >= 4 is 24.0 Å². The van der Waals surface area contributed by atoms with Crippen LogP contribution in [0.4, 0.5) is 0 Å². The molecule has 0 aliphatic heterocycles. The molecule has 1 aromatic heterocycles. The van der Waals surface area contributed by atoms with E-state index < -0.39 is 0 Å². The van der Waals surface area contributed by atoms with E-state index in [9.17, 15) is 0 Å². The molecule has 0 saturated heterocycles. The van der Waals surface area contributed by atoms with Gasteiger partial charge in [0.2, 0.25) is 4.77 Å².